The molecule has 1 atom stereocenters. The van der Waals surface area contributed by atoms with E-state index in [2.05, 4.69) is 39.3 Å². The van der Waals surface area contributed by atoms with E-state index in [0.29, 0.717) is 12.5 Å². The molecule has 0 aliphatic carbocycles. The van der Waals surface area contributed by atoms with Gasteiger partial charge in [-0.25, -0.2) is 0 Å². The Morgan fingerprint density at radius 2 is 1.96 bits per heavy atom. The average Bonchev–Trinajstić information content (AvgIpc) is 3.09. The highest BCUT2D eigenvalue weighted by Gasteiger charge is 2.28. The van der Waals surface area contributed by atoms with Crippen molar-refractivity contribution in [1.29, 1.82) is 0 Å². The minimum Gasteiger partial charge on any atom is -0.396 e. The summed E-state index contributed by atoms with van der Waals surface area (Å²) in [6.07, 6.45) is 9.03. The molecule has 4 rings (SSSR count). The predicted octanol–water partition coefficient (Wildman–Crippen LogP) is 4.40. The maximum Gasteiger partial charge on any atom is 0.0644 e. The number of aliphatic hydroxyl groups excluding tert-OH is 1. The second-order valence-electron chi connectivity index (χ2n) is 7.11. The molecule has 3 heterocycles. The van der Waals surface area contributed by atoms with Gasteiger partial charge in [-0.3, -0.25) is 9.88 Å². The highest BCUT2D eigenvalue weighted by Crippen LogP contribution is 2.36. The summed E-state index contributed by atoms with van der Waals surface area (Å²) in [5.74, 6) is 0.634. The van der Waals surface area contributed by atoms with Gasteiger partial charge in [0.2, 0.25) is 0 Å². The molecule has 0 saturated carbocycles. The van der Waals surface area contributed by atoms with Gasteiger partial charge in [0.05, 0.1) is 17.8 Å². The lowest BCUT2D eigenvalue weighted by atomic mass is 9.90. The normalized spacial score (nSPS) is 17.6. The number of aliphatic hydroxyl groups is 1. The summed E-state index contributed by atoms with van der Waals surface area (Å²) in [5, 5.41) is 11.2. The molecule has 4 nitrogen and oxygen atoms in total. The Hall–Kier alpha value is -1.88. The molecule has 1 aliphatic rings. The van der Waals surface area contributed by atoms with Crippen molar-refractivity contribution in [1.82, 2.24) is 14.9 Å². The van der Waals surface area contributed by atoms with E-state index < -0.39 is 0 Å². The summed E-state index contributed by atoms with van der Waals surface area (Å²) < 4.78 is 0. The third-order valence-corrected chi connectivity index (χ3v) is 5.80. The lowest BCUT2D eigenvalue weighted by Gasteiger charge is -2.38. The number of hydrogen-bond donors (Lipinski definition) is 2. The predicted molar refractivity (Wildman–Crippen MR) is 105 cm³/mol. The van der Waals surface area contributed by atoms with E-state index in [4.69, 9.17) is 11.6 Å². The highest BCUT2D eigenvalue weighted by molar-refractivity contribution is 6.30. The van der Waals surface area contributed by atoms with Crippen LogP contribution in [0.5, 0.6) is 0 Å². The molecule has 0 bridgehead atoms. The number of nitrogens with one attached hydrogen (secondary N) is 1. The fraction of sp³-hybridized carbons (Fsp3) is 0.381. The van der Waals surface area contributed by atoms with Gasteiger partial charge in [-0.1, -0.05) is 23.7 Å². The maximum absolute atomic E-state index is 9.23. The molecule has 1 aliphatic heterocycles. The number of aromatic amines is 1. The molecule has 136 valence electrons. The summed E-state index contributed by atoms with van der Waals surface area (Å²) >= 11 is 6.12. The molecule has 0 amide bonds. The second kappa shape index (κ2) is 7.78. The fourth-order valence-electron chi connectivity index (χ4n) is 4.14. The average molecular weight is 370 g/mol. The van der Waals surface area contributed by atoms with Crippen molar-refractivity contribution in [2.75, 3.05) is 19.7 Å². The molecule has 26 heavy (non-hydrogen) atoms. The third kappa shape index (κ3) is 3.50. The lowest BCUT2D eigenvalue weighted by molar-refractivity contribution is 0.134. The lowest BCUT2D eigenvalue weighted by Crippen LogP contribution is -2.37. The number of aromatic nitrogens is 2. The number of hydrogen-bond acceptors (Lipinski definition) is 3. The van der Waals surface area contributed by atoms with Gasteiger partial charge < -0.3 is 10.1 Å². The monoisotopic (exact) mass is 369 g/mol. The number of nitrogens with zero attached hydrogens (tertiary/aromatic N) is 2. The molecule has 0 spiro atoms. The van der Waals surface area contributed by atoms with E-state index >= 15 is 0 Å². The van der Waals surface area contributed by atoms with Crippen molar-refractivity contribution in [3.05, 3.63) is 65.1 Å². The zero-order valence-corrected chi connectivity index (χ0v) is 15.5. The van der Waals surface area contributed by atoms with Crippen LogP contribution >= 0.6 is 11.6 Å². The molecule has 1 fully saturated rings. The second-order valence-corrected chi connectivity index (χ2v) is 7.55. The smallest absolute Gasteiger partial charge is 0.0644 e. The van der Waals surface area contributed by atoms with Crippen molar-refractivity contribution in [3.63, 3.8) is 0 Å². The molecule has 2 N–H and O–H groups in total. The first-order valence-corrected chi connectivity index (χ1v) is 9.65. The molecule has 3 aromatic rings. The van der Waals surface area contributed by atoms with E-state index in [1.807, 2.05) is 24.5 Å². The van der Waals surface area contributed by atoms with Crippen LogP contribution < -0.4 is 0 Å². The van der Waals surface area contributed by atoms with Crippen molar-refractivity contribution < 1.29 is 5.11 Å². The molecule has 1 unspecified atom stereocenters. The van der Waals surface area contributed by atoms with Crippen LogP contribution in [0.2, 0.25) is 5.02 Å². The number of likely N-dealkylation sites (tertiary alicyclic amines) is 1. The van der Waals surface area contributed by atoms with Gasteiger partial charge >= 0.3 is 0 Å². The largest absolute Gasteiger partial charge is 0.396 e. The molecule has 5 heteroatoms. The summed E-state index contributed by atoms with van der Waals surface area (Å²) in [4.78, 5) is 10.2. The van der Waals surface area contributed by atoms with Crippen LogP contribution in [0.25, 0.3) is 10.9 Å². The molecule has 2 aromatic heterocycles. The number of rotatable bonds is 5. The van der Waals surface area contributed by atoms with Gasteiger partial charge in [0, 0.05) is 29.4 Å². The zero-order valence-electron chi connectivity index (χ0n) is 14.7. The van der Waals surface area contributed by atoms with Crippen LogP contribution in [0, 0.1) is 5.92 Å². The Kier molecular flexibility index (Phi) is 5.25. The minimum atomic E-state index is 0.193. The van der Waals surface area contributed by atoms with E-state index in [0.717, 1.165) is 42.9 Å². The first kappa shape index (κ1) is 17.5. The topological polar surface area (TPSA) is 52.1 Å². The van der Waals surface area contributed by atoms with Gasteiger partial charge in [-0.2, -0.15) is 0 Å². The van der Waals surface area contributed by atoms with Crippen molar-refractivity contribution >= 4 is 22.5 Å². The molecular weight excluding hydrogens is 346 g/mol. The first-order chi connectivity index (χ1) is 12.8. The highest BCUT2D eigenvalue weighted by atomic mass is 35.5. The van der Waals surface area contributed by atoms with Gasteiger partial charge in [-0.05, 0) is 67.6 Å². The number of halogens is 1. The Balaban J connectivity index is 1.70. The third-order valence-electron chi connectivity index (χ3n) is 5.55. The summed E-state index contributed by atoms with van der Waals surface area (Å²) in [5.41, 5.74) is 3.61. The summed E-state index contributed by atoms with van der Waals surface area (Å²) in [6.45, 7) is 2.37. The summed E-state index contributed by atoms with van der Waals surface area (Å²) in [6, 6.07) is 10.5. The molecule has 1 saturated heterocycles. The fourth-order valence-corrected chi connectivity index (χ4v) is 4.26. The quantitative estimate of drug-likeness (QED) is 0.700. The SMILES string of the molecule is OCCC1CCN(C(c2ccc(Cl)cc2)c2c[nH]c3cnccc23)CC1. The maximum atomic E-state index is 9.23. The molecular formula is C21H24ClN3O. The minimum absolute atomic E-state index is 0.193. The van der Waals surface area contributed by atoms with E-state index in [9.17, 15) is 5.11 Å². The van der Waals surface area contributed by atoms with Gasteiger partial charge in [-0.15, -0.1) is 0 Å². The van der Waals surface area contributed by atoms with Crippen LogP contribution in [0.15, 0.2) is 48.9 Å². The zero-order chi connectivity index (χ0) is 17.9. The Bertz CT molecular complexity index is 853. The van der Waals surface area contributed by atoms with Gasteiger partial charge in [0.15, 0.2) is 0 Å². The van der Waals surface area contributed by atoms with Crippen LogP contribution in [0.1, 0.15) is 36.4 Å². The Morgan fingerprint density at radius 3 is 2.69 bits per heavy atom. The van der Waals surface area contributed by atoms with Crippen LogP contribution in [0.3, 0.4) is 0 Å². The number of piperidine rings is 1. The first-order valence-electron chi connectivity index (χ1n) is 9.27. The van der Waals surface area contributed by atoms with E-state index in [1.54, 1.807) is 0 Å². The van der Waals surface area contributed by atoms with Crippen LogP contribution in [0.4, 0.5) is 0 Å². The van der Waals surface area contributed by atoms with Gasteiger partial charge in [0.1, 0.15) is 0 Å². The standard InChI is InChI=1S/C21H24ClN3O/c22-17-3-1-16(2-4-17)21(25-10-6-15(7-11-25)8-12-26)19-13-24-20-14-23-9-5-18(19)20/h1-5,9,13-15,21,24,26H,6-8,10-12H2. The van der Waals surface area contributed by atoms with Crippen LogP contribution in [-0.4, -0.2) is 39.7 Å². The molecule has 1 aromatic carbocycles. The number of fused-ring (bicyclic) bond motifs is 1. The van der Waals surface area contributed by atoms with Crippen molar-refractivity contribution in [3.8, 4) is 0 Å². The van der Waals surface area contributed by atoms with Crippen LogP contribution in [-0.2, 0) is 0 Å². The molecule has 0 radical (unpaired) electrons. The number of benzene rings is 1. The van der Waals surface area contributed by atoms with Crippen molar-refractivity contribution in [2.45, 2.75) is 25.3 Å². The van der Waals surface area contributed by atoms with E-state index in [-0.39, 0.29) is 6.04 Å². The Morgan fingerprint density at radius 1 is 1.19 bits per heavy atom. The number of pyridine rings is 1. The van der Waals surface area contributed by atoms with E-state index in [1.165, 1.54) is 16.5 Å². The number of H-pyrrole nitrogens is 1. The van der Waals surface area contributed by atoms with Gasteiger partial charge in [0.25, 0.3) is 0 Å². The Labute approximate surface area is 158 Å². The summed E-state index contributed by atoms with van der Waals surface area (Å²) in [7, 11) is 0. The van der Waals surface area contributed by atoms with Crippen molar-refractivity contribution in [2.24, 2.45) is 5.92 Å².